The molecule has 4 rings (SSSR count). The molecule has 0 aliphatic carbocycles. The number of benzene rings is 1. The van der Waals surface area contributed by atoms with Gasteiger partial charge in [-0.3, -0.25) is 0 Å². The molecule has 6 nitrogen and oxygen atoms in total. The van der Waals surface area contributed by atoms with E-state index in [0.717, 1.165) is 37.7 Å². The molecule has 7 heteroatoms. The number of aliphatic imine (C=N–C) groups is 1. The fourth-order valence-electron chi connectivity index (χ4n) is 3.90. The number of hydrogen-bond acceptors (Lipinski definition) is 2. The summed E-state index contributed by atoms with van der Waals surface area (Å²) in [6, 6.07) is 11.0. The molecular formula is C21H29IN6. The Morgan fingerprint density at radius 2 is 2.21 bits per heavy atom. The van der Waals surface area contributed by atoms with Gasteiger partial charge in [0.2, 0.25) is 0 Å². The van der Waals surface area contributed by atoms with Gasteiger partial charge < -0.3 is 19.8 Å². The number of fused-ring (bicyclic) bond motifs is 1. The van der Waals surface area contributed by atoms with Crippen LogP contribution in [0.25, 0.3) is 10.9 Å². The van der Waals surface area contributed by atoms with E-state index in [4.69, 9.17) is 4.99 Å². The smallest absolute Gasteiger partial charge is 0.194 e. The fraction of sp³-hybridized carbons (Fsp3) is 0.429. The Morgan fingerprint density at radius 3 is 2.96 bits per heavy atom. The van der Waals surface area contributed by atoms with E-state index in [0.29, 0.717) is 18.5 Å². The number of likely N-dealkylation sites (tertiary alicyclic amines) is 1. The second-order valence-corrected chi connectivity index (χ2v) is 7.34. The summed E-state index contributed by atoms with van der Waals surface area (Å²) in [5, 5.41) is 4.71. The molecular weight excluding hydrogens is 463 g/mol. The quantitative estimate of drug-likeness (QED) is 0.329. The van der Waals surface area contributed by atoms with Crippen molar-refractivity contribution in [3.8, 4) is 0 Å². The molecule has 0 amide bonds. The first kappa shape index (κ1) is 20.7. The summed E-state index contributed by atoms with van der Waals surface area (Å²) in [4.78, 5) is 15.0. The third-order valence-electron chi connectivity index (χ3n) is 5.45. The number of aromatic amines is 1. The van der Waals surface area contributed by atoms with Crippen molar-refractivity contribution >= 4 is 40.8 Å². The van der Waals surface area contributed by atoms with Crippen molar-refractivity contribution in [1.82, 2.24) is 24.8 Å². The molecule has 0 radical (unpaired) electrons. The predicted octanol–water partition coefficient (Wildman–Crippen LogP) is 4.03. The summed E-state index contributed by atoms with van der Waals surface area (Å²) in [7, 11) is 0. The van der Waals surface area contributed by atoms with Gasteiger partial charge in [-0.1, -0.05) is 25.1 Å². The molecule has 28 heavy (non-hydrogen) atoms. The van der Waals surface area contributed by atoms with Crippen LogP contribution in [0.2, 0.25) is 0 Å². The first-order valence-corrected chi connectivity index (χ1v) is 9.82. The minimum absolute atomic E-state index is 0. The minimum Gasteiger partial charge on any atom is -0.357 e. The first-order valence-electron chi connectivity index (χ1n) is 9.82. The molecule has 2 N–H and O–H groups in total. The van der Waals surface area contributed by atoms with Crippen LogP contribution in [-0.2, 0) is 6.54 Å². The van der Waals surface area contributed by atoms with Gasteiger partial charge >= 0.3 is 0 Å². The maximum absolute atomic E-state index is 4.92. The van der Waals surface area contributed by atoms with Crippen molar-refractivity contribution in [2.75, 3.05) is 19.6 Å². The maximum Gasteiger partial charge on any atom is 0.194 e. The summed E-state index contributed by atoms with van der Waals surface area (Å²) in [6.07, 6.45) is 7.01. The predicted molar refractivity (Wildman–Crippen MR) is 125 cm³/mol. The van der Waals surface area contributed by atoms with Crippen molar-refractivity contribution in [3.05, 3.63) is 54.7 Å². The summed E-state index contributed by atoms with van der Waals surface area (Å²) in [5.74, 6) is 1.63. The van der Waals surface area contributed by atoms with E-state index in [-0.39, 0.29) is 24.0 Å². The van der Waals surface area contributed by atoms with Crippen LogP contribution in [0.5, 0.6) is 0 Å². The number of guanidine groups is 1. The number of piperidine rings is 1. The zero-order valence-corrected chi connectivity index (χ0v) is 18.8. The average Bonchev–Trinajstić information content (AvgIpc) is 3.35. The average molecular weight is 492 g/mol. The van der Waals surface area contributed by atoms with E-state index in [9.17, 15) is 0 Å². The van der Waals surface area contributed by atoms with Gasteiger partial charge in [-0.15, -0.1) is 24.0 Å². The number of imidazole rings is 1. The number of H-pyrrole nitrogens is 1. The van der Waals surface area contributed by atoms with Gasteiger partial charge in [0, 0.05) is 43.2 Å². The molecule has 2 unspecified atom stereocenters. The van der Waals surface area contributed by atoms with Crippen molar-refractivity contribution in [3.63, 3.8) is 0 Å². The number of halogens is 1. The largest absolute Gasteiger partial charge is 0.357 e. The molecule has 0 saturated carbocycles. The Morgan fingerprint density at radius 1 is 1.36 bits per heavy atom. The molecule has 2 aromatic heterocycles. The Hall–Kier alpha value is -2.03. The standard InChI is InChI=1S/C21H28N6.HI/c1-3-23-21(24-13-18-12-17-6-4-5-7-19(17)25-18)26-10-8-16(2)20(14-26)27-11-9-22-15-27;/h4-7,9,11-12,15-16,20,25H,3,8,10,13-14H2,1-2H3,(H,23,24);1H. The number of hydrogen-bond donors (Lipinski definition) is 2. The van der Waals surface area contributed by atoms with Gasteiger partial charge in [0.25, 0.3) is 0 Å². The van der Waals surface area contributed by atoms with Gasteiger partial charge in [-0.25, -0.2) is 9.98 Å². The lowest BCUT2D eigenvalue weighted by atomic mass is 9.93. The normalized spacial score (nSPS) is 20.2. The Kier molecular flexibility index (Phi) is 6.98. The van der Waals surface area contributed by atoms with E-state index >= 15 is 0 Å². The lowest BCUT2D eigenvalue weighted by Gasteiger charge is -2.39. The van der Waals surface area contributed by atoms with Gasteiger partial charge in [0.15, 0.2) is 5.96 Å². The summed E-state index contributed by atoms with van der Waals surface area (Å²) < 4.78 is 2.23. The summed E-state index contributed by atoms with van der Waals surface area (Å²) in [5.41, 5.74) is 2.31. The van der Waals surface area contributed by atoms with E-state index < -0.39 is 0 Å². The number of rotatable bonds is 4. The van der Waals surface area contributed by atoms with Crippen LogP contribution >= 0.6 is 24.0 Å². The van der Waals surface area contributed by atoms with Crippen LogP contribution in [0.1, 0.15) is 32.0 Å². The Labute approximate surface area is 183 Å². The third kappa shape index (κ3) is 4.51. The van der Waals surface area contributed by atoms with Gasteiger partial charge in [-0.05, 0) is 36.8 Å². The minimum atomic E-state index is 0. The molecule has 3 aromatic rings. The number of nitrogens with one attached hydrogen (secondary N) is 2. The first-order chi connectivity index (χ1) is 13.2. The van der Waals surface area contributed by atoms with Gasteiger partial charge in [0.1, 0.15) is 0 Å². The monoisotopic (exact) mass is 492 g/mol. The Balaban J connectivity index is 0.00000225. The lowest BCUT2D eigenvalue weighted by molar-refractivity contribution is 0.189. The number of nitrogens with zero attached hydrogens (tertiary/aromatic N) is 4. The summed E-state index contributed by atoms with van der Waals surface area (Å²) >= 11 is 0. The molecule has 3 heterocycles. The van der Waals surface area contributed by atoms with Crippen molar-refractivity contribution in [2.45, 2.75) is 32.9 Å². The molecule has 1 saturated heterocycles. The highest BCUT2D eigenvalue weighted by Crippen LogP contribution is 2.27. The maximum atomic E-state index is 4.92. The molecule has 2 atom stereocenters. The second-order valence-electron chi connectivity index (χ2n) is 7.34. The third-order valence-corrected chi connectivity index (χ3v) is 5.45. The zero-order valence-electron chi connectivity index (χ0n) is 16.5. The highest BCUT2D eigenvalue weighted by atomic mass is 127. The molecule has 1 aromatic carbocycles. The number of para-hydroxylation sites is 1. The lowest BCUT2D eigenvalue weighted by Crippen LogP contribution is -2.49. The van der Waals surface area contributed by atoms with Crippen molar-refractivity contribution < 1.29 is 0 Å². The van der Waals surface area contributed by atoms with Gasteiger partial charge in [0.05, 0.1) is 18.9 Å². The highest BCUT2D eigenvalue weighted by molar-refractivity contribution is 14.0. The SMILES string of the molecule is CCNC(=NCc1cc2ccccc2[nH]1)N1CCC(C)C(n2ccnc2)C1.I. The molecule has 1 fully saturated rings. The van der Waals surface area contributed by atoms with Crippen LogP contribution in [0.15, 0.2) is 54.0 Å². The molecule has 1 aliphatic rings. The van der Waals surface area contributed by atoms with Crippen molar-refractivity contribution in [1.29, 1.82) is 0 Å². The van der Waals surface area contributed by atoms with Gasteiger partial charge in [-0.2, -0.15) is 0 Å². The summed E-state index contributed by atoms with van der Waals surface area (Å²) in [6.45, 7) is 7.96. The second kappa shape index (κ2) is 9.45. The molecule has 0 spiro atoms. The molecule has 0 bridgehead atoms. The van der Waals surface area contributed by atoms with Crippen molar-refractivity contribution in [2.24, 2.45) is 10.9 Å². The fourth-order valence-corrected chi connectivity index (χ4v) is 3.90. The Bertz CT molecular complexity index is 868. The van der Waals surface area contributed by atoms with E-state index in [1.54, 1.807) is 0 Å². The van der Waals surface area contributed by atoms with Crippen LogP contribution in [0, 0.1) is 5.92 Å². The van der Waals surface area contributed by atoms with E-state index in [1.807, 2.05) is 12.5 Å². The van der Waals surface area contributed by atoms with E-state index in [2.05, 4.69) is 75.1 Å². The molecule has 1 aliphatic heterocycles. The van der Waals surface area contributed by atoms with Crippen LogP contribution in [0.3, 0.4) is 0 Å². The zero-order chi connectivity index (χ0) is 18.6. The highest BCUT2D eigenvalue weighted by Gasteiger charge is 2.28. The van der Waals surface area contributed by atoms with Crippen LogP contribution < -0.4 is 5.32 Å². The van der Waals surface area contributed by atoms with Crippen LogP contribution in [0.4, 0.5) is 0 Å². The van der Waals surface area contributed by atoms with Crippen LogP contribution in [-0.4, -0.2) is 45.0 Å². The topological polar surface area (TPSA) is 61.2 Å². The number of aromatic nitrogens is 3. The molecule has 150 valence electrons. The van der Waals surface area contributed by atoms with E-state index in [1.165, 1.54) is 10.9 Å².